The van der Waals surface area contributed by atoms with Crippen molar-refractivity contribution in [2.24, 2.45) is 11.8 Å². The maximum Gasteiger partial charge on any atom is 0.273 e. The molecule has 1 saturated carbocycles. The largest absolute Gasteiger partial charge is 0.467 e. The molecule has 0 atom stereocenters. The monoisotopic (exact) mass is 363 g/mol. The predicted molar refractivity (Wildman–Crippen MR) is 98.9 cm³/mol. The first-order valence-corrected chi connectivity index (χ1v) is 10.6. The van der Waals surface area contributed by atoms with Crippen LogP contribution in [0.3, 0.4) is 0 Å². The van der Waals surface area contributed by atoms with Crippen LogP contribution in [0.5, 0.6) is 5.19 Å². The Morgan fingerprint density at radius 3 is 2.68 bits per heavy atom. The van der Waals surface area contributed by atoms with E-state index in [2.05, 4.69) is 18.7 Å². The molecule has 0 spiro atoms. The van der Waals surface area contributed by atoms with Gasteiger partial charge in [0.1, 0.15) is 6.10 Å². The van der Waals surface area contributed by atoms with Crippen LogP contribution in [0.15, 0.2) is 0 Å². The molecule has 4 rings (SSSR count). The summed E-state index contributed by atoms with van der Waals surface area (Å²) in [5.41, 5.74) is 1.15. The highest BCUT2D eigenvalue weighted by Crippen LogP contribution is 2.35. The van der Waals surface area contributed by atoms with E-state index >= 15 is 0 Å². The fraction of sp³-hybridized carbons (Fsp3) is 0.789. The Balaban J connectivity index is 1.31. The lowest BCUT2D eigenvalue weighted by Crippen LogP contribution is -2.39. The van der Waals surface area contributed by atoms with E-state index in [1.54, 1.807) is 11.3 Å². The van der Waals surface area contributed by atoms with E-state index in [-0.39, 0.29) is 0 Å². The predicted octanol–water partition coefficient (Wildman–Crippen LogP) is 2.94. The van der Waals surface area contributed by atoms with Crippen LogP contribution in [0.1, 0.15) is 50.1 Å². The number of aromatic nitrogens is 1. The van der Waals surface area contributed by atoms with Crippen molar-refractivity contribution in [1.29, 1.82) is 0 Å². The van der Waals surface area contributed by atoms with Gasteiger partial charge >= 0.3 is 0 Å². The van der Waals surface area contributed by atoms with Crippen molar-refractivity contribution in [2.75, 3.05) is 26.2 Å². The number of piperidine rings is 1. The van der Waals surface area contributed by atoms with Gasteiger partial charge in [-0.2, -0.15) is 0 Å². The van der Waals surface area contributed by atoms with Crippen LogP contribution in [0.4, 0.5) is 0 Å². The van der Waals surface area contributed by atoms with Crippen molar-refractivity contribution in [2.45, 2.75) is 58.6 Å². The molecule has 5 nitrogen and oxygen atoms in total. The van der Waals surface area contributed by atoms with Gasteiger partial charge < -0.3 is 14.5 Å². The molecule has 3 aliphatic rings. The van der Waals surface area contributed by atoms with E-state index in [4.69, 9.17) is 9.72 Å². The van der Waals surface area contributed by atoms with Crippen molar-refractivity contribution in [3.05, 3.63) is 10.6 Å². The summed E-state index contributed by atoms with van der Waals surface area (Å²) in [6.07, 6.45) is 5.50. The molecule has 1 aromatic heterocycles. The highest BCUT2D eigenvalue weighted by Gasteiger charge is 2.35. The van der Waals surface area contributed by atoms with E-state index in [1.807, 2.05) is 4.90 Å². The smallest absolute Gasteiger partial charge is 0.273 e. The molecule has 25 heavy (non-hydrogen) atoms. The van der Waals surface area contributed by atoms with Gasteiger partial charge in [-0.15, -0.1) is 0 Å². The summed E-state index contributed by atoms with van der Waals surface area (Å²) in [7, 11) is 0. The summed E-state index contributed by atoms with van der Waals surface area (Å²) >= 11 is 1.65. The second-order valence-corrected chi connectivity index (χ2v) is 9.19. The Kier molecular flexibility index (Phi) is 5.00. The third-order valence-corrected chi connectivity index (χ3v) is 6.35. The number of rotatable bonds is 5. The lowest BCUT2D eigenvalue weighted by molar-refractivity contribution is -0.133. The molecule has 0 radical (unpaired) electrons. The van der Waals surface area contributed by atoms with Gasteiger partial charge in [0.2, 0.25) is 5.91 Å². The number of hydrogen-bond donors (Lipinski definition) is 0. The highest BCUT2D eigenvalue weighted by molar-refractivity contribution is 7.13. The number of amides is 1. The number of carbonyl (C=O) groups is 1. The number of fused-ring (bicyclic) bond motifs is 1. The standard InChI is InChI=1S/C19H29N3O2S/c1-13(2)11-21-8-5-15(6-9-21)24-19-20-16-7-10-22(12-17(16)25-19)18(23)14-3-4-14/h13-15H,3-12H2,1-2H3. The fourth-order valence-electron chi connectivity index (χ4n) is 3.87. The average Bonchev–Trinajstić information content (AvgIpc) is 3.35. The molecular formula is C19H29N3O2S. The van der Waals surface area contributed by atoms with Crippen LogP contribution in [0.25, 0.3) is 0 Å². The molecule has 0 N–H and O–H groups in total. The normalized spacial score (nSPS) is 22.3. The second kappa shape index (κ2) is 7.23. The molecular weight excluding hydrogens is 334 g/mol. The zero-order valence-electron chi connectivity index (χ0n) is 15.4. The van der Waals surface area contributed by atoms with Gasteiger partial charge in [0.05, 0.1) is 17.1 Å². The van der Waals surface area contributed by atoms with E-state index in [1.165, 1.54) is 11.4 Å². The minimum Gasteiger partial charge on any atom is -0.467 e. The molecule has 1 amide bonds. The minimum absolute atomic E-state index is 0.292. The minimum atomic E-state index is 0.292. The van der Waals surface area contributed by atoms with E-state index in [0.29, 0.717) is 17.9 Å². The fourth-order valence-corrected chi connectivity index (χ4v) is 4.90. The Morgan fingerprint density at radius 1 is 1.24 bits per heavy atom. The van der Waals surface area contributed by atoms with Crippen molar-refractivity contribution < 1.29 is 9.53 Å². The molecule has 0 unspecified atom stereocenters. The second-order valence-electron chi connectivity index (χ2n) is 8.15. The molecule has 3 heterocycles. The third-order valence-electron chi connectivity index (χ3n) is 5.38. The number of thiazole rings is 1. The van der Waals surface area contributed by atoms with Gasteiger partial charge in [0.15, 0.2) is 0 Å². The first-order chi connectivity index (χ1) is 12.1. The van der Waals surface area contributed by atoms with Crippen LogP contribution < -0.4 is 4.74 Å². The molecule has 6 heteroatoms. The number of carbonyl (C=O) groups excluding carboxylic acids is 1. The summed E-state index contributed by atoms with van der Waals surface area (Å²) in [5, 5.41) is 0.813. The van der Waals surface area contributed by atoms with E-state index < -0.39 is 0 Å². The van der Waals surface area contributed by atoms with Gasteiger partial charge in [-0.25, -0.2) is 4.98 Å². The van der Waals surface area contributed by atoms with E-state index in [0.717, 1.165) is 75.1 Å². The zero-order chi connectivity index (χ0) is 17.4. The maximum absolute atomic E-state index is 12.3. The molecule has 2 fully saturated rings. The van der Waals surface area contributed by atoms with Crippen LogP contribution in [0.2, 0.25) is 0 Å². The third kappa shape index (κ3) is 4.17. The lowest BCUT2D eigenvalue weighted by atomic mass is 10.1. The average molecular weight is 364 g/mol. The zero-order valence-corrected chi connectivity index (χ0v) is 16.2. The van der Waals surface area contributed by atoms with Crippen LogP contribution in [-0.2, 0) is 17.8 Å². The topological polar surface area (TPSA) is 45.7 Å². The molecule has 0 bridgehead atoms. The molecule has 1 aliphatic carbocycles. The molecule has 138 valence electrons. The molecule has 1 aromatic rings. The Morgan fingerprint density at radius 2 is 2.00 bits per heavy atom. The van der Waals surface area contributed by atoms with Crippen molar-refractivity contribution in [3.63, 3.8) is 0 Å². The summed E-state index contributed by atoms with van der Waals surface area (Å²) in [5.74, 6) is 1.38. The quantitative estimate of drug-likeness (QED) is 0.807. The number of likely N-dealkylation sites (tertiary alicyclic amines) is 1. The number of hydrogen-bond acceptors (Lipinski definition) is 5. The van der Waals surface area contributed by atoms with E-state index in [9.17, 15) is 4.79 Å². The van der Waals surface area contributed by atoms with Crippen molar-refractivity contribution >= 4 is 17.2 Å². The van der Waals surface area contributed by atoms with Crippen molar-refractivity contribution in [3.8, 4) is 5.19 Å². The Labute approximate surface area is 154 Å². The first-order valence-electron chi connectivity index (χ1n) is 9.75. The summed E-state index contributed by atoms with van der Waals surface area (Å²) < 4.78 is 6.19. The van der Waals surface area contributed by atoms with Crippen LogP contribution in [0, 0.1) is 11.8 Å². The summed E-state index contributed by atoms with van der Waals surface area (Å²) in [6, 6.07) is 0. The maximum atomic E-state index is 12.3. The molecule has 2 aliphatic heterocycles. The summed E-state index contributed by atoms with van der Waals surface area (Å²) in [6.45, 7) is 9.54. The molecule has 1 saturated heterocycles. The van der Waals surface area contributed by atoms with Crippen LogP contribution in [-0.4, -0.2) is 53.0 Å². The van der Waals surface area contributed by atoms with Crippen molar-refractivity contribution in [1.82, 2.24) is 14.8 Å². The summed E-state index contributed by atoms with van der Waals surface area (Å²) in [4.78, 5) is 22.8. The van der Waals surface area contributed by atoms with Gasteiger partial charge in [-0.3, -0.25) is 4.79 Å². The van der Waals surface area contributed by atoms with Gasteiger partial charge in [0.25, 0.3) is 5.19 Å². The Bertz CT molecular complexity index is 618. The Hall–Kier alpha value is -1.14. The lowest BCUT2D eigenvalue weighted by Gasteiger charge is -2.32. The van der Waals surface area contributed by atoms with Crippen LogP contribution >= 0.6 is 11.3 Å². The molecule has 0 aromatic carbocycles. The van der Waals surface area contributed by atoms with Gasteiger partial charge in [0, 0.05) is 38.5 Å². The number of ether oxygens (including phenoxy) is 1. The highest BCUT2D eigenvalue weighted by atomic mass is 32.1. The SMILES string of the molecule is CC(C)CN1CCC(Oc2nc3c(s2)CN(C(=O)C2CC2)CC3)CC1. The van der Waals surface area contributed by atoms with Gasteiger partial charge in [-0.1, -0.05) is 25.2 Å². The first kappa shape index (κ1) is 17.3. The van der Waals surface area contributed by atoms with Gasteiger partial charge in [-0.05, 0) is 31.6 Å². The number of nitrogens with zero attached hydrogens (tertiary/aromatic N) is 3.